The molecule has 2 aromatic rings. The smallest absolute Gasteiger partial charge is 0.216 e. The Morgan fingerprint density at radius 2 is 1.67 bits per heavy atom. The van der Waals surface area contributed by atoms with Crippen LogP contribution < -0.4 is 0 Å². The van der Waals surface area contributed by atoms with Gasteiger partial charge < -0.3 is 9.84 Å². The van der Waals surface area contributed by atoms with E-state index in [2.05, 4.69) is 12.1 Å². The van der Waals surface area contributed by atoms with E-state index in [0.717, 1.165) is 12.0 Å². The van der Waals surface area contributed by atoms with Gasteiger partial charge in [0.2, 0.25) is 5.90 Å². The fourth-order valence-electron chi connectivity index (χ4n) is 2.62. The van der Waals surface area contributed by atoms with Gasteiger partial charge in [0.25, 0.3) is 0 Å². The van der Waals surface area contributed by atoms with Gasteiger partial charge in [-0.05, 0) is 31.0 Å². The molecule has 3 rings (SSSR count). The molecule has 108 valence electrons. The van der Waals surface area contributed by atoms with Crippen molar-refractivity contribution < 1.29 is 9.84 Å². The van der Waals surface area contributed by atoms with Crippen LogP contribution >= 0.6 is 0 Å². The molecule has 0 radical (unpaired) electrons. The number of aliphatic imine (C=N–C) groups is 1. The average Bonchev–Trinajstić information content (AvgIpc) is 2.93. The van der Waals surface area contributed by atoms with Crippen LogP contribution in [0, 0.1) is 0 Å². The second-order valence-electron chi connectivity index (χ2n) is 5.38. The fraction of sp³-hybridized carbons (Fsp3) is 0.278. The third kappa shape index (κ3) is 3.14. The van der Waals surface area contributed by atoms with Crippen LogP contribution in [0.15, 0.2) is 65.7 Å². The highest BCUT2D eigenvalue weighted by atomic mass is 16.5. The van der Waals surface area contributed by atoms with E-state index in [-0.39, 0.29) is 12.1 Å². The molecular formula is C18H19NO2. The minimum atomic E-state index is -0.552. The van der Waals surface area contributed by atoms with Crippen molar-refractivity contribution in [2.75, 3.05) is 0 Å². The van der Waals surface area contributed by atoms with Crippen molar-refractivity contribution in [3.8, 4) is 0 Å². The molecule has 2 aromatic carbocycles. The van der Waals surface area contributed by atoms with Crippen LogP contribution in [0.2, 0.25) is 0 Å². The maximum Gasteiger partial charge on any atom is 0.216 e. The number of ether oxygens (including phenoxy) is 1. The van der Waals surface area contributed by atoms with E-state index in [1.54, 1.807) is 6.92 Å². The van der Waals surface area contributed by atoms with Gasteiger partial charge in [0, 0.05) is 5.56 Å². The molecule has 3 atom stereocenters. The van der Waals surface area contributed by atoms with Crippen LogP contribution in [0.3, 0.4) is 0 Å². The summed E-state index contributed by atoms with van der Waals surface area (Å²) in [6.07, 6.45) is -0.0729. The van der Waals surface area contributed by atoms with Gasteiger partial charge in [-0.25, -0.2) is 4.99 Å². The number of hydrogen-bond acceptors (Lipinski definition) is 3. The highest BCUT2D eigenvalue weighted by Crippen LogP contribution is 2.23. The Hall–Kier alpha value is -2.13. The summed E-state index contributed by atoms with van der Waals surface area (Å²) in [7, 11) is 0. The molecule has 3 nitrogen and oxygen atoms in total. The molecule has 0 spiro atoms. The first kappa shape index (κ1) is 13.8. The van der Waals surface area contributed by atoms with Gasteiger partial charge in [-0.2, -0.15) is 0 Å². The zero-order valence-electron chi connectivity index (χ0n) is 12.0. The highest BCUT2D eigenvalue weighted by Gasteiger charge is 2.34. The molecule has 0 aromatic heterocycles. The summed E-state index contributed by atoms with van der Waals surface area (Å²) in [5.74, 6) is 0.627. The molecule has 0 saturated heterocycles. The molecular weight excluding hydrogens is 262 g/mol. The predicted molar refractivity (Wildman–Crippen MR) is 83.5 cm³/mol. The van der Waals surface area contributed by atoms with Crippen LogP contribution in [0.4, 0.5) is 0 Å². The predicted octanol–water partition coefficient (Wildman–Crippen LogP) is 2.82. The molecule has 0 aliphatic carbocycles. The van der Waals surface area contributed by atoms with Crippen molar-refractivity contribution in [2.24, 2.45) is 4.99 Å². The molecule has 1 N–H and O–H groups in total. The summed E-state index contributed by atoms with van der Waals surface area (Å²) < 4.78 is 5.89. The maximum atomic E-state index is 9.97. The Bertz CT molecular complexity index is 608. The molecule has 0 amide bonds. The van der Waals surface area contributed by atoms with Crippen LogP contribution in [0.5, 0.6) is 0 Å². The van der Waals surface area contributed by atoms with Crippen molar-refractivity contribution in [3.63, 3.8) is 0 Å². The van der Waals surface area contributed by atoms with E-state index in [4.69, 9.17) is 9.73 Å². The summed E-state index contributed by atoms with van der Waals surface area (Å²) in [5.41, 5.74) is 2.16. The van der Waals surface area contributed by atoms with E-state index in [9.17, 15) is 5.11 Å². The quantitative estimate of drug-likeness (QED) is 0.936. The van der Waals surface area contributed by atoms with Gasteiger partial charge >= 0.3 is 0 Å². The van der Waals surface area contributed by atoms with Crippen LogP contribution in [0.25, 0.3) is 0 Å². The van der Waals surface area contributed by atoms with Crippen molar-refractivity contribution in [3.05, 3.63) is 71.8 Å². The maximum absolute atomic E-state index is 9.97. The fourth-order valence-corrected chi connectivity index (χ4v) is 2.62. The Morgan fingerprint density at radius 1 is 1.05 bits per heavy atom. The molecule has 0 saturated carbocycles. The number of rotatable bonds is 4. The van der Waals surface area contributed by atoms with Crippen molar-refractivity contribution >= 4 is 5.90 Å². The lowest BCUT2D eigenvalue weighted by molar-refractivity contribution is 0.0415. The van der Waals surface area contributed by atoms with Gasteiger partial charge in [-0.3, -0.25) is 0 Å². The summed E-state index contributed by atoms with van der Waals surface area (Å²) in [5, 5.41) is 9.97. The van der Waals surface area contributed by atoms with Crippen molar-refractivity contribution in [1.29, 1.82) is 0 Å². The Kier molecular flexibility index (Phi) is 4.02. The number of aliphatic hydroxyl groups is 1. The molecule has 0 unspecified atom stereocenters. The first-order chi connectivity index (χ1) is 10.2. The Morgan fingerprint density at radius 3 is 2.29 bits per heavy atom. The molecule has 0 bridgehead atoms. The van der Waals surface area contributed by atoms with Crippen LogP contribution in [0.1, 0.15) is 18.1 Å². The Labute approximate surface area is 124 Å². The third-order valence-electron chi connectivity index (χ3n) is 3.69. The van der Waals surface area contributed by atoms with Gasteiger partial charge in [0.05, 0.1) is 12.1 Å². The zero-order chi connectivity index (χ0) is 14.7. The first-order valence-electron chi connectivity index (χ1n) is 7.26. The summed E-state index contributed by atoms with van der Waals surface area (Å²) in [6, 6.07) is 20.0. The highest BCUT2D eigenvalue weighted by molar-refractivity contribution is 5.95. The summed E-state index contributed by atoms with van der Waals surface area (Å²) in [6.45, 7) is 1.76. The summed E-state index contributed by atoms with van der Waals surface area (Å²) in [4.78, 5) is 4.69. The normalized spacial score (nSPS) is 22.5. The zero-order valence-corrected chi connectivity index (χ0v) is 12.0. The first-order valence-corrected chi connectivity index (χ1v) is 7.26. The number of aliphatic hydroxyl groups excluding tert-OH is 1. The van der Waals surface area contributed by atoms with Crippen LogP contribution in [-0.4, -0.2) is 29.3 Å². The monoisotopic (exact) mass is 281 g/mol. The Balaban J connectivity index is 1.84. The second-order valence-corrected chi connectivity index (χ2v) is 5.38. The standard InChI is InChI=1S/C18H19NO2/c1-13(20)17-16(12-14-8-4-2-5-9-14)19-18(21-17)15-10-6-3-7-11-15/h2-11,13,16-17,20H,12H2,1H3/t13-,16-,17+/m1/s1. The average molecular weight is 281 g/mol. The van der Waals surface area contributed by atoms with Crippen molar-refractivity contribution in [2.45, 2.75) is 31.6 Å². The lowest BCUT2D eigenvalue weighted by atomic mass is 9.99. The summed E-state index contributed by atoms with van der Waals surface area (Å²) >= 11 is 0. The van der Waals surface area contributed by atoms with Crippen LogP contribution in [-0.2, 0) is 11.2 Å². The minimum absolute atomic E-state index is 0.0531. The van der Waals surface area contributed by atoms with Crippen molar-refractivity contribution in [1.82, 2.24) is 0 Å². The SMILES string of the molecule is C[C@@H](O)[C@@H]1OC(c2ccccc2)=N[C@@H]1Cc1ccccc1. The van der Waals surface area contributed by atoms with E-state index in [0.29, 0.717) is 5.90 Å². The van der Waals surface area contributed by atoms with E-state index in [1.807, 2.05) is 48.5 Å². The van der Waals surface area contributed by atoms with E-state index >= 15 is 0 Å². The molecule has 1 aliphatic rings. The number of hydrogen-bond donors (Lipinski definition) is 1. The minimum Gasteiger partial charge on any atom is -0.469 e. The third-order valence-corrected chi connectivity index (χ3v) is 3.69. The second kappa shape index (κ2) is 6.10. The van der Waals surface area contributed by atoms with Gasteiger partial charge in [0.1, 0.15) is 6.10 Å². The molecule has 1 heterocycles. The number of benzene rings is 2. The number of nitrogens with zero attached hydrogens (tertiary/aromatic N) is 1. The largest absolute Gasteiger partial charge is 0.469 e. The van der Waals surface area contributed by atoms with Gasteiger partial charge in [-0.15, -0.1) is 0 Å². The molecule has 0 fully saturated rings. The topological polar surface area (TPSA) is 41.8 Å². The lowest BCUT2D eigenvalue weighted by Gasteiger charge is -2.20. The lowest BCUT2D eigenvalue weighted by Crippen LogP contribution is -2.34. The molecule has 3 heteroatoms. The van der Waals surface area contributed by atoms with E-state index in [1.165, 1.54) is 5.56 Å². The molecule has 21 heavy (non-hydrogen) atoms. The van der Waals surface area contributed by atoms with E-state index < -0.39 is 6.10 Å². The van der Waals surface area contributed by atoms with Gasteiger partial charge in [-0.1, -0.05) is 48.5 Å². The van der Waals surface area contributed by atoms with Gasteiger partial charge in [0.15, 0.2) is 0 Å². The molecule has 1 aliphatic heterocycles.